The summed E-state index contributed by atoms with van der Waals surface area (Å²) in [5.41, 5.74) is -0.598. The van der Waals surface area contributed by atoms with Gasteiger partial charge in [-0.3, -0.25) is 4.79 Å². The van der Waals surface area contributed by atoms with Gasteiger partial charge in [0.05, 0.1) is 15.7 Å². The average molecular weight is 332 g/mol. The van der Waals surface area contributed by atoms with Crippen molar-refractivity contribution in [2.75, 3.05) is 11.4 Å². The van der Waals surface area contributed by atoms with Crippen LogP contribution in [0.2, 0.25) is 0 Å². The zero-order chi connectivity index (χ0) is 14.2. The third-order valence-electron chi connectivity index (χ3n) is 2.94. The van der Waals surface area contributed by atoms with E-state index in [9.17, 15) is 18.0 Å². The average Bonchev–Trinajstić information content (AvgIpc) is 2.69. The lowest BCUT2D eigenvalue weighted by Crippen LogP contribution is -2.25. The minimum Gasteiger partial charge on any atom is -0.310 e. The molecule has 1 unspecified atom stereocenters. The van der Waals surface area contributed by atoms with Crippen LogP contribution in [0.5, 0.6) is 0 Å². The largest absolute Gasteiger partial charge is 0.417 e. The minimum atomic E-state index is -4.47. The van der Waals surface area contributed by atoms with Crippen LogP contribution in [-0.2, 0) is 11.0 Å². The van der Waals surface area contributed by atoms with Crippen molar-refractivity contribution in [2.45, 2.75) is 12.6 Å². The first-order valence-electron chi connectivity index (χ1n) is 5.46. The Labute approximate surface area is 116 Å². The highest BCUT2D eigenvalue weighted by atomic mass is 79.9. The second-order valence-corrected chi connectivity index (χ2v) is 5.00. The van der Waals surface area contributed by atoms with E-state index < -0.39 is 11.7 Å². The number of hydrogen-bond donors (Lipinski definition) is 0. The van der Waals surface area contributed by atoms with Gasteiger partial charge in [-0.05, 0) is 28.1 Å². The first-order valence-corrected chi connectivity index (χ1v) is 6.26. The lowest BCUT2D eigenvalue weighted by atomic mass is 10.1. The summed E-state index contributed by atoms with van der Waals surface area (Å²) >= 11 is 2.93. The number of terminal acetylenes is 1. The van der Waals surface area contributed by atoms with E-state index in [-0.39, 0.29) is 35.0 Å². The van der Waals surface area contributed by atoms with Crippen molar-refractivity contribution in [3.8, 4) is 12.3 Å². The van der Waals surface area contributed by atoms with Crippen LogP contribution in [0.3, 0.4) is 0 Å². The maximum absolute atomic E-state index is 12.8. The van der Waals surface area contributed by atoms with Gasteiger partial charge in [0.15, 0.2) is 0 Å². The standard InChI is InChI=1S/C13H9BrF3NO/c1-2-8-6-11(19)18(7-8)10-5-3-4-9(12(10)14)13(15,16)17/h1,3-5,8H,6-7H2. The van der Waals surface area contributed by atoms with Crippen molar-refractivity contribution in [1.82, 2.24) is 0 Å². The van der Waals surface area contributed by atoms with Crippen molar-refractivity contribution in [3.05, 3.63) is 28.2 Å². The molecule has 1 aliphatic heterocycles. The van der Waals surface area contributed by atoms with E-state index in [1.54, 1.807) is 0 Å². The Kier molecular flexibility index (Phi) is 3.59. The molecule has 19 heavy (non-hydrogen) atoms. The van der Waals surface area contributed by atoms with Crippen LogP contribution in [-0.4, -0.2) is 12.5 Å². The number of nitrogens with zero attached hydrogens (tertiary/aromatic N) is 1. The molecule has 0 aliphatic carbocycles. The SMILES string of the molecule is C#CC1CC(=O)N(c2cccc(C(F)(F)F)c2Br)C1. The number of hydrogen-bond acceptors (Lipinski definition) is 1. The Bertz CT molecular complexity index is 562. The molecule has 0 radical (unpaired) electrons. The fourth-order valence-corrected chi connectivity index (χ4v) is 2.70. The number of amides is 1. The molecule has 0 bridgehead atoms. The van der Waals surface area contributed by atoms with Gasteiger partial charge in [0, 0.05) is 18.9 Å². The molecule has 0 saturated carbocycles. The monoisotopic (exact) mass is 331 g/mol. The number of anilines is 1. The van der Waals surface area contributed by atoms with Gasteiger partial charge >= 0.3 is 6.18 Å². The predicted molar refractivity (Wildman–Crippen MR) is 68.4 cm³/mol. The molecule has 1 aliphatic rings. The Morgan fingerprint density at radius 3 is 2.63 bits per heavy atom. The number of benzene rings is 1. The van der Waals surface area contributed by atoms with Crippen molar-refractivity contribution >= 4 is 27.5 Å². The summed E-state index contributed by atoms with van der Waals surface area (Å²) in [6.45, 7) is 0.245. The molecule has 1 heterocycles. The summed E-state index contributed by atoms with van der Waals surface area (Å²) < 4.78 is 38.2. The van der Waals surface area contributed by atoms with Crippen molar-refractivity contribution in [3.63, 3.8) is 0 Å². The van der Waals surface area contributed by atoms with Gasteiger partial charge in [0.1, 0.15) is 0 Å². The third kappa shape index (κ3) is 2.61. The number of rotatable bonds is 1. The minimum absolute atomic E-state index is 0.131. The molecular weight excluding hydrogens is 323 g/mol. The third-order valence-corrected chi connectivity index (χ3v) is 3.77. The smallest absolute Gasteiger partial charge is 0.310 e. The maximum atomic E-state index is 12.8. The maximum Gasteiger partial charge on any atom is 0.417 e. The highest BCUT2D eigenvalue weighted by Crippen LogP contribution is 2.40. The van der Waals surface area contributed by atoms with Gasteiger partial charge in [0.2, 0.25) is 5.91 Å². The van der Waals surface area contributed by atoms with E-state index in [0.29, 0.717) is 0 Å². The predicted octanol–water partition coefficient (Wildman–Crippen LogP) is 3.45. The fourth-order valence-electron chi connectivity index (χ4n) is 2.00. The van der Waals surface area contributed by atoms with E-state index in [1.807, 2.05) is 0 Å². The molecule has 6 heteroatoms. The molecule has 2 rings (SSSR count). The molecule has 0 aromatic heterocycles. The van der Waals surface area contributed by atoms with Crippen LogP contribution in [0.25, 0.3) is 0 Å². The van der Waals surface area contributed by atoms with Crippen LogP contribution in [0, 0.1) is 18.3 Å². The van der Waals surface area contributed by atoms with Crippen LogP contribution >= 0.6 is 15.9 Å². The van der Waals surface area contributed by atoms with E-state index >= 15 is 0 Å². The summed E-state index contributed by atoms with van der Waals surface area (Å²) in [4.78, 5) is 13.1. The molecule has 1 aromatic rings. The van der Waals surface area contributed by atoms with Gasteiger partial charge < -0.3 is 4.90 Å². The molecule has 0 spiro atoms. The van der Waals surface area contributed by atoms with E-state index in [0.717, 1.165) is 6.07 Å². The summed E-state index contributed by atoms with van der Waals surface area (Å²) in [6.07, 6.45) is 0.950. The zero-order valence-corrected chi connectivity index (χ0v) is 11.3. The first-order chi connectivity index (χ1) is 8.84. The second kappa shape index (κ2) is 4.89. The Morgan fingerprint density at radius 1 is 1.42 bits per heavy atom. The quantitative estimate of drug-likeness (QED) is 0.722. The van der Waals surface area contributed by atoms with Gasteiger partial charge in [-0.1, -0.05) is 6.07 Å². The highest BCUT2D eigenvalue weighted by Gasteiger charge is 2.36. The van der Waals surface area contributed by atoms with Gasteiger partial charge in [-0.2, -0.15) is 13.2 Å². The summed E-state index contributed by atoms with van der Waals surface area (Å²) in [7, 11) is 0. The molecule has 1 fully saturated rings. The summed E-state index contributed by atoms with van der Waals surface area (Å²) in [5, 5.41) is 0. The lowest BCUT2D eigenvalue weighted by molar-refractivity contribution is -0.138. The summed E-state index contributed by atoms with van der Waals surface area (Å²) in [6, 6.07) is 3.71. The molecule has 0 N–H and O–H groups in total. The molecule has 1 amide bonds. The molecular formula is C13H9BrF3NO. The van der Waals surface area contributed by atoms with Crippen LogP contribution in [0.1, 0.15) is 12.0 Å². The molecule has 2 nitrogen and oxygen atoms in total. The Balaban J connectivity index is 2.43. The lowest BCUT2D eigenvalue weighted by Gasteiger charge is -2.20. The number of halogens is 4. The van der Waals surface area contributed by atoms with E-state index in [1.165, 1.54) is 17.0 Å². The fraction of sp³-hybridized carbons (Fsp3) is 0.308. The van der Waals surface area contributed by atoms with Crippen molar-refractivity contribution < 1.29 is 18.0 Å². The van der Waals surface area contributed by atoms with E-state index in [2.05, 4.69) is 21.9 Å². The van der Waals surface area contributed by atoms with Gasteiger partial charge in [-0.15, -0.1) is 12.3 Å². The molecule has 100 valence electrons. The van der Waals surface area contributed by atoms with Crippen LogP contribution in [0.15, 0.2) is 22.7 Å². The molecule has 1 atom stereocenters. The topological polar surface area (TPSA) is 20.3 Å². The first kappa shape index (κ1) is 13.9. The Morgan fingerprint density at radius 2 is 2.11 bits per heavy atom. The summed E-state index contributed by atoms with van der Waals surface area (Å²) in [5.74, 6) is 1.94. The number of alkyl halides is 3. The van der Waals surface area contributed by atoms with Crippen molar-refractivity contribution in [2.24, 2.45) is 5.92 Å². The van der Waals surface area contributed by atoms with Gasteiger partial charge in [-0.25, -0.2) is 0 Å². The van der Waals surface area contributed by atoms with Gasteiger partial charge in [0.25, 0.3) is 0 Å². The number of carbonyl (C=O) groups excluding carboxylic acids is 1. The highest BCUT2D eigenvalue weighted by molar-refractivity contribution is 9.10. The van der Waals surface area contributed by atoms with Crippen LogP contribution in [0.4, 0.5) is 18.9 Å². The normalized spacial score (nSPS) is 19.6. The Hall–Kier alpha value is -1.48. The van der Waals surface area contributed by atoms with Crippen LogP contribution < -0.4 is 4.90 Å². The number of carbonyl (C=O) groups is 1. The molecule has 1 saturated heterocycles. The molecule has 1 aromatic carbocycles. The second-order valence-electron chi connectivity index (χ2n) is 4.21. The van der Waals surface area contributed by atoms with E-state index in [4.69, 9.17) is 6.42 Å². The zero-order valence-electron chi connectivity index (χ0n) is 9.67. The van der Waals surface area contributed by atoms with Crippen molar-refractivity contribution in [1.29, 1.82) is 0 Å².